The van der Waals surface area contributed by atoms with Gasteiger partial charge in [-0.05, 0) is 41.6 Å². The minimum Gasteiger partial charge on any atom is -0.339 e. The van der Waals surface area contributed by atoms with E-state index in [1.54, 1.807) is 0 Å². The van der Waals surface area contributed by atoms with Gasteiger partial charge in [0.2, 0.25) is 4.38 Å². The van der Waals surface area contributed by atoms with E-state index in [1.165, 1.54) is 5.01 Å². The monoisotopic (exact) mass is 488 g/mol. The fourth-order valence-corrected chi connectivity index (χ4v) is 4.61. The summed E-state index contributed by atoms with van der Waals surface area (Å²) in [4.78, 5) is 4.58. The highest BCUT2D eigenvalue weighted by atomic mass is 79.9. The molecule has 29 heavy (non-hydrogen) atoms. The molecule has 2 aliphatic rings. The van der Waals surface area contributed by atoms with Crippen molar-refractivity contribution in [1.29, 1.82) is 5.26 Å². The Hall–Kier alpha value is -2.65. The predicted octanol–water partition coefficient (Wildman–Crippen LogP) is 3.32. The molecule has 0 aliphatic carbocycles. The van der Waals surface area contributed by atoms with Gasteiger partial charge in [-0.3, -0.25) is 0 Å². The van der Waals surface area contributed by atoms with Crippen molar-refractivity contribution in [1.82, 2.24) is 5.01 Å². The Morgan fingerprint density at radius 3 is 2.48 bits per heavy atom. The SMILES string of the molecule is N#CC1=C(Nc2ccc(Br)cc2)N2N=C(S(N)(=O)=O)SC2=NC1c1ccccc1. The van der Waals surface area contributed by atoms with Crippen molar-refractivity contribution in [2.75, 3.05) is 5.32 Å². The van der Waals surface area contributed by atoms with E-state index in [2.05, 4.69) is 37.4 Å². The van der Waals surface area contributed by atoms with Crippen LogP contribution in [0.1, 0.15) is 11.6 Å². The number of fused-ring (bicyclic) bond motifs is 1. The zero-order chi connectivity index (χ0) is 20.6. The average molecular weight is 489 g/mol. The molecular formula is C18H13BrN6O2S2. The van der Waals surface area contributed by atoms with E-state index in [9.17, 15) is 13.7 Å². The molecular weight excluding hydrogens is 476 g/mol. The quantitative estimate of drug-likeness (QED) is 0.682. The molecule has 4 rings (SSSR count). The van der Waals surface area contributed by atoms with Crippen molar-refractivity contribution >= 4 is 52.9 Å². The van der Waals surface area contributed by atoms with Crippen LogP contribution >= 0.6 is 27.7 Å². The van der Waals surface area contributed by atoms with Crippen LogP contribution in [0.4, 0.5) is 5.69 Å². The zero-order valence-corrected chi connectivity index (χ0v) is 17.9. The normalized spacial score (nSPS) is 18.7. The molecule has 2 aromatic rings. The van der Waals surface area contributed by atoms with Crippen LogP contribution in [-0.4, -0.2) is 23.0 Å². The number of nitrogens with one attached hydrogen (secondary N) is 1. The van der Waals surface area contributed by atoms with Crippen molar-refractivity contribution in [3.8, 4) is 6.07 Å². The third-order valence-corrected chi connectivity index (χ3v) is 6.87. The van der Waals surface area contributed by atoms with Gasteiger partial charge in [0, 0.05) is 10.2 Å². The standard InChI is InChI=1S/C18H13BrN6O2S2/c19-12-6-8-13(9-7-12)22-16-14(10-20)15(11-4-2-1-3-5-11)23-17-25(16)24-18(28-17)29(21,26)27/h1-9,15,22H,(H2,21,26,27). The molecule has 0 spiro atoms. The molecule has 0 radical (unpaired) electrons. The van der Waals surface area contributed by atoms with E-state index in [1.807, 2.05) is 54.6 Å². The fourth-order valence-electron chi connectivity index (χ4n) is 2.81. The van der Waals surface area contributed by atoms with E-state index in [0.29, 0.717) is 22.2 Å². The number of primary sulfonamides is 1. The maximum absolute atomic E-state index is 11.8. The topological polar surface area (TPSA) is 124 Å². The highest BCUT2D eigenvalue weighted by Gasteiger charge is 2.39. The Kier molecular flexibility index (Phi) is 5.18. The minimum absolute atomic E-state index is 0.280. The van der Waals surface area contributed by atoms with Gasteiger partial charge in [0.05, 0.1) is 0 Å². The van der Waals surface area contributed by atoms with E-state index in [0.717, 1.165) is 21.8 Å². The summed E-state index contributed by atoms with van der Waals surface area (Å²) in [7, 11) is -4.02. The summed E-state index contributed by atoms with van der Waals surface area (Å²) in [5.41, 5.74) is 1.81. The molecule has 1 unspecified atom stereocenters. The smallest absolute Gasteiger partial charge is 0.264 e. The highest BCUT2D eigenvalue weighted by Crippen LogP contribution is 2.39. The van der Waals surface area contributed by atoms with E-state index < -0.39 is 16.1 Å². The molecule has 3 N–H and O–H groups in total. The van der Waals surface area contributed by atoms with Gasteiger partial charge in [0.15, 0.2) is 11.0 Å². The summed E-state index contributed by atoms with van der Waals surface area (Å²) >= 11 is 4.23. The Bertz CT molecular complexity index is 1200. The summed E-state index contributed by atoms with van der Waals surface area (Å²) in [6.45, 7) is 0. The molecule has 2 aromatic carbocycles. The minimum atomic E-state index is -4.02. The van der Waals surface area contributed by atoms with E-state index in [-0.39, 0.29) is 4.38 Å². The first-order valence-corrected chi connectivity index (χ1v) is 11.4. The summed E-state index contributed by atoms with van der Waals surface area (Å²) in [5.74, 6) is 0.333. The first-order valence-electron chi connectivity index (χ1n) is 8.26. The molecule has 0 saturated carbocycles. The molecule has 11 heteroatoms. The van der Waals surface area contributed by atoms with Gasteiger partial charge < -0.3 is 5.32 Å². The van der Waals surface area contributed by atoms with Gasteiger partial charge in [-0.2, -0.15) is 10.3 Å². The molecule has 0 saturated heterocycles. The molecule has 0 bridgehead atoms. The number of nitrogens with two attached hydrogens (primary N) is 1. The van der Waals surface area contributed by atoms with Crippen LogP contribution in [0.5, 0.6) is 0 Å². The van der Waals surface area contributed by atoms with Gasteiger partial charge in [0.1, 0.15) is 17.7 Å². The van der Waals surface area contributed by atoms with Crippen molar-refractivity contribution in [2.45, 2.75) is 6.04 Å². The van der Waals surface area contributed by atoms with Gasteiger partial charge in [-0.15, -0.1) is 5.10 Å². The van der Waals surface area contributed by atoms with Gasteiger partial charge >= 0.3 is 0 Å². The number of benzene rings is 2. The third-order valence-electron chi connectivity index (χ3n) is 4.11. The van der Waals surface area contributed by atoms with Crippen molar-refractivity contribution in [2.24, 2.45) is 15.2 Å². The Labute approximate surface area is 180 Å². The van der Waals surface area contributed by atoms with E-state index >= 15 is 0 Å². The Morgan fingerprint density at radius 1 is 1.17 bits per heavy atom. The Balaban J connectivity index is 1.85. The first-order chi connectivity index (χ1) is 13.9. The molecule has 0 fully saturated rings. The lowest BCUT2D eigenvalue weighted by Crippen LogP contribution is -2.31. The molecule has 2 aliphatic heterocycles. The molecule has 2 heterocycles. The number of amidine groups is 1. The number of sulfonamides is 1. The van der Waals surface area contributed by atoms with Gasteiger partial charge in [-0.25, -0.2) is 18.5 Å². The van der Waals surface area contributed by atoms with Crippen LogP contribution in [0.25, 0.3) is 0 Å². The lowest BCUT2D eigenvalue weighted by molar-refractivity contribution is 0.538. The highest BCUT2D eigenvalue weighted by molar-refractivity contribution is 9.10. The lowest BCUT2D eigenvalue weighted by Gasteiger charge is -2.28. The second-order valence-electron chi connectivity index (χ2n) is 6.06. The number of halogens is 1. The second-order valence-corrected chi connectivity index (χ2v) is 9.66. The van der Waals surface area contributed by atoms with Crippen LogP contribution in [0.15, 0.2) is 80.6 Å². The number of anilines is 1. The maximum atomic E-state index is 11.8. The number of nitriles is 1. The average Bonchev–Trinajstić information content (AvgIpc) is 3.15. The number of hydrogen-bond acceptors (Lipinski definition) is 8. The largest absolute Gasteiger partial charge is 0.339 e. The van der Waals surface area contributed by atoms with E-state index in [4.69, 9.17) is 5.14 Å². The van der Waals surface area contributed by atoms with Crippen LogP contribution in [0, 0.1) is 11.3 Å². The molecule has 8 nitrogen and oxygen atoms in total. The van der Waals surface area contributed by atoms with Crippen LogP contribution in [-0.2, 0) is 10.0 Å². The molecule has 1 atom stereocenters. The van der Waals surface area contributed by atoms with Gasteiger partial charge in [0.25, 0.3) is 10.0 Å². The maximum Gasteiger partial charge on any atom is 0.264 e. The molecule has 0 amide bonds. The summed E-state index contributed by atoms with van der Waals surface area (Å²) in [6, 6.07) is 18.2. The lowest BCUT2D eigenvalue weighted by atomic mass is 9.99. The number of rotatable bonds is 3. The number of nitrogens with zero attached hydrogens (tertiary/aromatic N) is 4. The van der Waals surface area contributed by atoms with Crippen molar-refractivity contribution in [3.05, 3.63) is 76.0 Å². The molecule has 146 valence electrons. The van der Waals surface area contributed by atoms with Gasteiger partial charge in [-0.1, -0.05) is 46.3 Å². The van der Waals surface area contributed by atoms with Crippen molar-refractivity contribution in [3.63, 3.8) is 0 Å². The third kappa shape index (κ3) is 3.92. The summed E-state index contributed by atoms with van der Waals surface area (Å²) < 4.78 is 24.3. The second kappa shape index (κ2) is 7.64. The zero-order valence-electron chi connectivity index (χ0n) is 14.7. The van der Waals surface area contributed by atoms with Crippen molar-refractivity contribution < 1.29 is 8.42 Å². The number of aliphatic imine (C=N–C) groups is 1. The fraction of sp³-hybridized carbons (Fsp3) is 0.0556. The van der Waals surface area contributed by atoms with Crippen LogP contribution < -0.4 is 10.5 Å². The molecule has 0 aromatic heterocycles. The number of thioether (sulfide) groups is 1. The Morgan fingerprint density at radius 2 is 1.86 bits per heavy atom. The first kappa shape index (κ1) is 19.7. The summed E-state index contributed by atoms with van der Waals surface area (Å²) in [6.07, 6.45) is 0. The summed E-state index contributed by atoms with van der Waals surface area (Å²) in [5, 5.41) is 24.1. The predicted molar refractivity (Wildman–Crippen MR) is 117 cm³/mol. The van der Waals surface area contributed by atoms with Crippen LogP contribution in [0.3, 0.4) is 0 Å². The number of hydrogen-bond donors (Lipinski definition) is 2. The number of hydrazone groups is 1. The van der Waals surface area contributed by atoms with Crippen LogP contribution in [0.2, 0.25) is 0 Å².